The van der Waals surface area contributed by atoms with Gasteiger partial charge in [-0.2, -0.15) is 4.98 Å². The van der Waals surface area contributed by atoms with Crippen molar-refractivity contribution in [3.05, 3.63) is 12.4 Å². The molecule has 1 unspecified atom stereocenters. The maximum atomic E-state index is 12.8. The number of hydrogen-bond acceptors (Lipinski definition) is 7. The second-order valence-corrected chi connectivity index (χ2v) is 8.29. The van der Waals surface area contributed by atoms with Gasteiger partial charge in [-0.15, -0.1) is 0 Å². The number of aromatic nitrogens is 2. The summed E-state index contributed by atoms with van der Waals surface area (Å²) in [5.41, 5.74) is 0. The number of carbonyl (C=O) groups is 2. The van der Waals surface area contributed by atoms with Gasteiger partial charge in [-0.25, -0.2) is 0 Å². The first-order valence-corrected chi connectivity index (χ1v) is 10.8. The highest BCUT2D eigenvalue weighted by Gasteiger charge is 2.39. The molecule has 164 valence electrons. The number of nitrogens with zero attached hydrogens (tertiary/aromatic N) is 3. The summed E-state index contributed by atoms with van der Waals surface area (Å²) in [4.78, 5) is 35.4. The number of carbonyl (C=O) groups excluding carboxylic acids is 2. The molecular formula is C21H30N4O5. The Hall–Kier alpha value is -2.42. The van der Waals surface area contributed by atoms with Gasteiger partial charge in [0.15, 0.2) is 0 Å². The summed E-state index contributed by atoms with van der Waals surface area (Å²) in [5, 5.41) is 3.16. The molecule has 1 atom stereocenters. The Morgan fingerprint density at radius 3 is 2.60 bits per heavy atom. The van der Waals surface area contributed by atoms with Gasteiger partial charge in [-0.3, -0.25) is 14.6 Å². The molecule has 2 aliphatic heterocycles. The number of amides is 2. The number of rotatable bonds is 6. The van der Waals surface area contributed by atoms with E-state index in [1.54, 1.807) is 13.3 Å². The van der Waals surface area contributed by atoms with Gasteiger partial charge in [0, 0.05) is 38.3 Å². The fraction of sp³-hybridized carbons (Fsp3) is 0.714. The van der Waals surface area contributed by atoms with Crippen LogP contribution in [0, 0.1) is 5.92 Å². The number of nitrogens with one attached hydrogen (secondary N) is 1. The summed E-state index contributed by atoms with van der Waals surface area (Å²) in [6.07, 6.45) is 8.57. The van der Waals surface area contributed by atoms with Crippen molar-refractivity contribution in [3.8, 4) is 11.8 Å². The normalized spacial score (nSPS) is 27.7. The number of hydrogen-bond donors (Lipinski definition) is 1. The molecule has 1 aliphatic carbocycles. The van der Waals surface area contributed by atoms with Gasteiger partial charge in [0.1, 0.15) is 6.10 Å². The van der Waals surface area contributed by atoms with E-state index in [1.165, 1.54) is 6.20 Å². The van der Waals surface area contributed by atoms with Crippen LogP contribution in [0.4, 0.5) is 0 Å². The molecule has 0 bridgehead atoms. The molecule has 1 aromatic heterocycles. The van der Waals surface area contributed by atoms with Crippen LogP contribution in [0.1, 0.15) is 44.9 Å². The fourth-order valence-corrected chi connectivity index (χ4v) is 4.56. The van der Waals surface area contributed by atoms with Crippen molar-refractivity contribution >= 4 is 11.8 Å². The lowest BCUT2D eigenvalue weighted by atomic mass is 9.92. The zero-order valence-corrected chi connectivity index (χ0v) is 17.4. The molecule has 0 spiro atoms. The van der Waals surface area contributed by atoms with E-state index in [9.17, 15) is 9.59 Å². The Balaban J connectivity index is 1.22. The molecule has 9 nitrogen and oxygen atoms in total. The lowest BCUT2D eigenvalue weighted by molar-refractivity contribution is -0.131. The van der Waals surface area contributed by atoms with Crippen LogP contribution in [0.5, 0.6) is 11.8 Å². The summed E-state index contributed by atoms with van der Waals surface area (Å²) < 4.78 is 16.4. The number of ether oxygens (including phenoxy) is 3. The summed E-state index contributed by atoms with van der Waals surface area (Å²) >= 11 is 0. The van der Waals surface area contributed by atoms with Gasteiger partial charge in [0.05, 0.1) is 25.4 Å². The summed E-state index contributed by atoms with van der Waals surface area (Å²) in [6, 6.07) is 0.345. The van der Waals surface area contributed by atoms with Crippen molar-refractivity contribution in [2.45, 2.75) is 63.1 Å². The molecule has 0 aromatic carbocycles. The van der Waals surface area contributed by atoms with E-state index in [1.807, 2.05) is 4.90 Å². The molecule has 30 heavy (non-hydrogen) atoms. The van der Waals surface area contributed by atoms with E-state index in [-0.39, 0.29) is 35.9 Å². The molecule has 3 fully saturated rings. The first kappa shape index (κ1) is 20.8. The molecule has 2 amide bonds. The average Bonchev–Trinajstić information content (AvgIpc) is 3.18. The molecule has 3 heterocycles. The molecule has 2 saturated heterocycles. The van der Waals surface area contributed by atoms with Crippen molar-refractivity contribution in [3.63, 3.8) is 0 Å². The van der Waals surface area contributed by atoms with Crippen LogP contribution in [-0.2, 0) is 14.3 Å². The van der Waals surface area contributed by atoms with Crippen molar-refractivity contribution in [1.29, 1.82) is 0 Å². The van der Waals surface area contributed by atoms with Gasteiger partial charge in [0.2, 0.25) is 23.6 Å². The number of likely N-dealkylation sites (tertiary alicyclic amines) is 1. The molecule has 1 saturated carbocycles. The minimum Gasteiger partial charge on any atom is -0.480 e. The largest absolute Gasteiger partial charge is 0.480 e. The van der Waals surface area contributed by atoms with Crippen LogP contribution in [0.15, 0.2) is 12.4 Å². The van der Waals surface area contributed by atoms with E-state index in [0.29, 0.717) is 37.9 Å². The Labute approximate surface area is 176 Å². The van der Waals surface area contributed by atoms with Gasteiger partial charge >= 0.3 is 0 Å². The molecule has 1 aromatic rings. The maximum Gasteiger partial charge on any atom is 0.235 e. The van der Waals surface area contributed by atoms with E-state index < -0.39 is 0 Å². The van der Waals surface area contributed by atoms with E-state index in [4.69, 9.17) is 14.2 Å². The zero-order chi connectivity index (χ0) is 20.9. The van der Waals surface area contributed by atoms with Gasteiger partial charge in [0.25, 0.3) is 0 Å². The van der Waals surface area contributed by atoms with Crippen LogP contribution < -0.4 is 14.8 Å². The minimum absolute atomic E-state index is 0.000871. The third-order valence-corrected chi connectivity index (χ3v) is 6.27. The SMILES string of the molecule is COc1cncc(OC2CCC(NC(=O)C3CC(=O)N(C4CCOCC4)C3)CC2)n1. The van der Waals surface area contributed by atoms with Gasteiger partial charge in [-0.1, -0.05) is 0 Å². The predicted molar refractivity (Wildman–Crippen MR) is 107 cm³/mol. The first-order chi connectivity index (χ1) is 14.6. The lowest BCUT2D eigenvalue weighted by Gasteiger charge is -2.31. The minimum atomic E-state index is -0.249. The Morgan fingerprint density at radius 2 is 1.87 bits per heavy atom. The Bertz CT molecular complexity index is 747. The highest BCUT2D eigenvalue weighted by molar-refractivity contribution is 5.89. The van der Waals surface area contributed by atoms with Crippen LogP contribution in [-0.4, -0.2) is 71.7 Å². The Kier molecular flexibility index (Phi) is 6.66. The van der Waals surface area contributed by atoms with Gasteiger partial charge in [-0.05, 0) is 38.5 Å². The van der Waals surface area contributed by atoms with Crippen molar-refractivity contribution in [2.24, 2.45) is 5.92 Å². The Morgan fingerprint density at radius 1 is 1.13 bits per heavy atom. The maximum absolute atomic E-state index is 12.8. The van der Waals surface area contributed by atoms with Crippen LogP contribution in [0.2, 0.25) is 0 Å². The third kappa shape index (κ3) is 5.00. The van der Waals surface area contributed by atoms with Crippen molar-refractivity contribution in [1.82, 2.24) is 20.2 Å². The topological polar surface area (TPSA) is 103 Å². The third-order valence-electron chi connectivity index (χ3n) is 6.27. The second kappa shape index (κ2) is 9.59. The predicted octanol–water partition coefficient (Wildman–Crippen LogP) is 1.32. The fourth-order valence-electron chi connectivity index (χ4n) is 4.56. The molecule has 9 heteroatoms. The first-order valence-electron chi connectivity index (χ1n) is 10.8. The van der Waals surface area contributed by atoms with E-state index in [2.05, 4.69) is 15.3 Å². The van der Waals surface area contributed by atoms with Crippen molar-refractivity contribution < 1.29 is 23.8 Å². The van der Waals surface area contributed by atoms with E-state index in [0.717, 1.165) is 38.5 Å². The van der Waals surface area contributed by atoms with Crippen LogP contribution >= 0.6 is 0 Å². The molecule has 3 aliphatic rings. The lowest BCUT2D eigenvalue weighted by Crippen LogP contribution is -2.44. The highest BCUT2D eigenvalue weighted by Crippen LogP contribution is 2.27. The molecule has 1 N–H and O–H groups in total. The van der Waals surface area contributed by atoms with E-state index >= 15 is 0 Å². The summed E-state index contributed by atoms with van der Waals surface area (Å²) in [7, 11) is 1.54. The monoisotopic (exact) mass is 418 g/mol. The molecular weight excluding hydrogens is 388 g/mol. The molecule has 4 rings (SSSR count). The highest BCUT2D eigenvalue weighted by atomic mass is 16.5. The smallest absolute Gasteiger partial charge is 0.235 e. The summed E-state index contributed by atoms with van der Waals surface area (Å²) in [5.74, 6) is 0.731. The zero-order valence-electron chi connectivity index (χ0n) is 17.4. The number of methoxy groups -OCH3 is 1. The molecule has 0 radical (unpaired) electrons. The quantitative estimate of drug-likeness (QED) is 0.743. The van der Waals surface area contributed by atoms with Gasteiger partial charge < -0.3 is 24.4 Å². The van der Waals surface area contributed by atoms with Crippen molar-refractivity contribution in [2.75, 3.05) is 26.9 Å². The van der Waals surface area contributed by atoms with Crippen LogP contribution in [0.3, 0.4) is 0 Å². The standard InChI is InChI=1S/C21H30N4O5/c1-28-18-11-22-12-19(24-18)30-17-4-2-15(3-5-17)23-21(27)14-10-20(26)25(13-14)16-6-8-29-9-7-16/h11-12,14-17H,2-10,13H2,1H3,(H,23,27). The second-order valence-electron chi connectivity index (χ2n) is 8.29. The average molecular weight is 418 g/mol. The summed E-state index contributed by atoms with van der Waals surface area (Å²) in [6.45, 7) is 1.91. The van der Waals surface area contributed by atoms with Crippen LogP contribution in [0.25, 0.3) is 0 Å².